The summed E-state index contributed by atoms with van der Waals surface area (Å²) in [6.07, 6.45) is 16.6. The van der Waals surface area contributed by atoms with E-state index in [0.29, 0.717) is 29.6 Å². The monoisotopic (exact) mass is 790 g/mol. The summed E-state index contributed by atoms with van der Waals surface area (Å²) in [6, 6.07) is 12.8. The second kappa shape index (κ2) is 14.1. The Bertz CT molecular complexity index is 2410. The molecule has 3 aliphatic heterocycles. The molecule has 1 N–H and O–H groups in total. The van der Waals surface area contributed by atoms with Crippen LogP contribution in [0.4, 0.5) is 0 Å². The average Bonchev–Trinajstić information content (AvgIpc) is 3.47. The first-order chi connectivity index (χ1) is 27.6. The van der Waals surface area contributed by atoms with Crippen molar-refractivity contribution in [3.63, 3.8) is 0 Å². The van der Waals surface area contributed by atoms with Crippen molar-refractivity contribution in [3.8, 4) is 17.0 Å². The largest absolute Gasteiger partial charge is 0.497 e. The molecule has 0 unspecified atom stereocenters. The number of sulfonamides is 1. The van der Waals surface area contributed by atoms with Crippen molar-refractivity contribution >= 4 is 44.4 Å². The first kappa shape index (κ1) is 36.9. The van der Waals surface area contributed by atoms with Crippen molar-refractivity contribution in [3.05, 3.63) is 70.5 Å². The van der Waals surface area contributed by atoms with Gasteiger partial charge in [-0.3, -0.25) is 19.2 Å². The SMILES string of the molecule is COc1ccc2c(c1)C=C(c1c(C(=O)N3C[C@H]4C[C@@H]3CN4CC3CC3)cnn1C1CCC1)Cn1c-2c(C2CCCCC2)c2ccc(C(=O)NS(=O)(=O)C(C)C)cc21. The van der Waals surface area contributed by atoms with Gasteiger partial charge in [-0.2, -0.15) is 5.10 Å². The Kier molecular flexibility index (Phi) is 9.16. The maximum absolute atomic E-state index is 14.9. The molecule has 6 aliphatic rings. The normalized spacial score (nSPS) is 22.7. The number of hydrogen-bond acceptors (Lipinski definition) is 7. The molecule has 2 atom stereocenters. The number of allylic oxidation sites excluding steroid dienone is 1. The van der Waals surface area contributed by atoms with Crippen LogP contribution >= 0.6 is 0 Å². The number of carbonyl (C=O) groups is 2. The van der Waals surface area contributed by atoms with E-state index < -0.39 is 21.2 Å². The zero-order valence-electron chi connectivity index (χ0n) is 33.4. The van der Waals surface area contributed by atoms with Gasteiger partial charge in [0.2, 0.25) is 10.0 Å². The molecule has 12 heteroatoms. The highest BCUT2D eigenvalue weighted by molar-refractivity contribution is 7.90. The highest BCUT2D eigenvalue weighted by Gasteiger charge is 2.47. The van der Waals surface area contributed by atoms with E-state index >= 15 is 0 Å². The van der Waals surface area contributed by atoms with Gasteiger partial charge in [0.25, 0.3) is 11.8 Å². The predicted molar refractivity (Wildman–Crippen MR) is 222 cm³/mol. The number of fused-ring (bicyclic) bond motifs is 7. The molecule has 0 radical (unpaired) electrons. The van der Waals surface area contributed by atoms with Crippen LogP contribution in [0.25, 0.3) is 33.8 Å². The van der Waals surface area contributed by atoms with Gasteiger partial charge in [-0.25, -0.2) is 13.1 Å². The molecule has 5 fully saturated rings. The van der Waals surface area contributed by atoms with Crippen LogP contribution in [0.3, 0.4) is 0 Å². The zero-order chi connectivity index (χ0) is 39.2. The maximum Gasteiger partial charge on any atom is 0.264 e. The van der Waals surface area contributed by atoms with Crippen molar-refractivity contribution < 1.29 is 22.7 Å². The van der Waals surface area contributed by atoms with E-state index in [2.05, 4.69) is 42.0 Å². The number of piperazine rings is 1. The Morgan fingerprint density at radius 2 is 1.72 bits per heavy atom. The highest BCUT2D eigenvalue weighted by atomic mass is 32.2. The standard InChI is InChI=1S/C45H54N6O5S/c1-27(2)57(54,55)47-44(52)30-14-16-38-40(20-30)50-24-32(18-31-19-36(56-3)15-17-37(31)43(50)41(38)29-8-5-4-6-9-29)42-39(22-46-51(42)33-10-7-11-33)45(53)49-26-34-21-35(49)25-48(34)23-28-12-13-28/h14-20,22,27-29,33-35H,4-13,21,23-26H2,1-3H3,(H,47,52)/t34-,35-/m1/s1. The van der Waals surface area contributed by atoms with E-state index in [0.717, 1.165) is 122 Å². The summed E-state index contributed by atoms with van der Waals surface area (Å²) in [6.45, 7) is 6.45. The lowest BCUT2D eigenvalue weighted by Crippen LogP contribution is -2.49. The third-order valence-electron chi connectivity index (χ3n) is 14.0. The summed E-state index contributed by atoms with van der Waals surface area (Å²) < 4.78 is 38.2. The molecule has 57 heavy (non-hydrogen) atoms. The summed E-state index contributed by atoms with van der Waals surface area (Å²) in [5.41, 5.74) is 8.17. The topological polar surface area (TPSA) is 119 Å². The fourth-order valence-electron chi connectivity index (χ4n) is 10.4. The molecular weight excluding hydrogens is 737 g/mol. The molecule has 2 aromatic heterocycles. The van der Waals surface area contributed by atoms with Crippen LogP contribution in [-0.4, -0.2) is 88.5 Å². The quantitative estimate of drug-likeness (QED) is 0.176. The summed E-state index contributed by atoms with van der Waals surface area (Å²) in [5.74, 6) is 1.34. The Hall–Kier alpha value is -4.42. The number of amides is 2. The minimum absolute atomic E-state index is 0.0657. The minimum Gasteiger partial charge on any atom is -0.497 e. The van der Waals surface area contributed by atoms with E-state index in [-0.39, 0.29) is 18.0 Å². The molecular formula is C45H54N6O5S. The fraction of sp³-hybridized carbons (Fsp3) is 0.533. The van der Waals surface area contributed by atoms with E-state index in [1.165, 1.54) is 24.8 Å². The van der Waals surface area contributed by atoms with E-state index in [1.54, 1.807) is 27.0 Å². The first-order valence-corrected chi connectivity index (χ1v) is 22.9. The van der Waals surface area contributed by atoms with Crippen LogP contribution in [0.15, 0.2) is 42.6 Å². The second-order valence-electron chi connectivity index (χ2n) is 17.9. The Morgan fingerprint density at radius 1 is 0.912 bits per heavy atom. The van der Waals surface area contributed by atoms with Gasteiger partial charge >= 0.3 is 0 Å². The summed E-state index contributed by atoms with van der Waals surface area (Å²) >= 11 is 0. The molecule has 2 amide bonds. The van der Waals surface area contributed by atoms with Gasteiger partial charge in [-0.15, -0.1) is 0 Å². The highest BCUT2D eigenvalue weighted by Crippen LogP contribution is 2.49. The molecule has 300 valence electrons. The lowest BCUT2D eigenvalue weighted by molar-refractivity contribution is 0.0618. The van der Waals surface area contributed by atoms with E-state index in [1.807, 2.05) is 24.4 Å². The lowest BCUT2D eigenvalue weighted by atomic mass is 9.81. The number of rotatable bonds is 10. The van der Waals surface area contributed by atoms with Gasteiger partial charge in [-0.1, -0.05) is 25.3 Å². The summed E-state index contributed by atoms with van der Waals surface area (Å²) in [5, 5.41) is 5.34. The minimum atomic E-state index is -3.83. The number of nitrogens with zero attached hydrogens (tertiary/aromatic N) is 5. The molecule has 11 nitrogen and oxygen atoms in total. The zero-order valence-corrected chi connectivity index (χ0v) is 34.2. The number of benzene rings is 2. The van der Waals surface area contributed by atoms with Gasteiger partial charge < -0.3 is 14.2 Å². The average molecular weight is 791 g/mol. The molecule has 2 bridgehead atoms. The summed E-state index contributed by atoms with van der Waals surface area (Å²) in [4.78, 5) is 33.2. The van der Waals surface area contributed by atoms with Gasteiger partial charge in [0, 0.05) is 53.7 Å². The van der Waals surface area contributed by atoms with Crippen molar-refractivity contribution in [2.45, 2.75) is 120 Å². The molecule has 4 aromatic rings. The molecule has 3 aliphatic carbocycles. The fourth-order valence-corrected chi connectivity index (χ4v) is 11.0. The van der Waals surface area contributed by atoms with Crippen molar-refractivity contribution in [2.24, 2.45) is 5.92 Å². The number of likely N-dealkylation sites (tertiary alicyclic amines) is 2. The predicted octanol–water partition coefficient (Wildman–Crippen LogP) is 7.62. The third-order valence-corrected chi connectivity index (χ3v) is 15.7. The van der Waals surface area contributed by atoms with Crippen LogP contribution in [0.5, 0.6) is 5.75 Å². The maximum atomic E-state index is 14.9. The molecule has 3 saturated carbocycles. The third kappa shape index (κ3) is 6.42. The first-order valence-electron chi connectivity index (χ1n) is 21.3. The number of hydrogen-bond donors (Lipinski definition) is 1. The number of aromatic nitrogens is 3. The van der Waals surface area contributed by atoms with Crippen molar-refractivity contribution in [1.29, 1.82) is 0 Å². The smallest absolute Gasteiger partial charge is 0.264 e. The van der Waals surface area contributed by atoms with Crippen LogP contribution in [0.1, 0.15) is 134 Å². The van der Waals surface area contributed by atoms with Gasteiger partial charge in [0.05, 0.1) is 48.1 Å². The van der Waals surface area contributed by atoms with Crippen LogP contribution in [0, 0.1) is 5.92 Å². The Morgan fingerprint density at radius 3 is 2.40 bits per heavy atom. The molecule has 0 spiro atoms. The Balaban J connectivity index is 1.13. The van der Waals surface area contributed by atoms with Crippen molar-refractivity contribution in [2.75, 3.05) is 26.7 Å². The molecule has 2 saturated heterocycles. The van der Waals surface area contributed by atoms with Gasteiger partial charge in [0.15, 0.2) is 0 Å². The second-order valence-corrected chi connectivity index (χ2v) is 20.1. The van der Waals surface area contributed by atoms with Gasteiger partial charge in [0.1, 0.15) is 5.75 Å². The van der Waals surface area contributed by atoms with Crippen molar-refractivity contribution in [1.82, 2.24) is 28.9 Å². The van der Waals surface area contributed by atoms with Crippen LogP contribution < -0.4 is 9.46 Å². The van der Waals surface area contributed by atoms with E-state index in [4.69, 9.17) is 9.84 Å². The number of carbonyl (C=O) groups excluding carboxylic acids is 2. The molecule has 10 rings (SSSR count). The van der Waals surface area contributed by atoms with Crippen LogP contribution in [0.2, 0.25) is 0 Å². The lowest BCUT2D eigenvalue weighted by Gasteiger charge is -2.34. The molecule has 2 aromatic carbocycles. The number of methoxy groups -OCH3 is 1. The number of nitrogens with one attached hydrogen (secondary N) is 1. The molecule has 5 heterocycles. The number of ether oxygens (including phenoxy) is 1. The Labute approximate surface area is 335 Å². The van der Waals surface area contributed by atoms with Crippen LogP contribution in [-0.2, 0) is 16.6 Å². The van der Waals surface area contributed by atoms with Gasteiger partial charge in [-0.05, 0) is 130 Å². The van der Waals surface area contributed by atoms with E-state index in [9.17, 15) is 18.0 Å². The summed E-state index contributed by atoms with van der Waals surface area (Å²) in [7, 11) is -2.14.